The zero-order chi connectivity index (χ0) is 12.3. The zero-order valence-electron chi connectivity index (χ0n) is 9.94. The van der Waals surface area contributed by atoms with Gasteiger partial charge >= 0.3 is 0 Å². The SMILES string of the molecule is Cc1cc(C)cc(Nc2ccnc(CO)n2)c1. The van der Waals surface area contributed by atoms with Gasteiger partial charge in [-0.15, -0.1) is 0 Å². The van der Waals surface area contributed by atoms with Gasteiger partial charge in [0.25, 0.3) is 0 Å². The molecule has 0 unspecified atom stereocenters. The van der Waals surface area contributed by atoms with Crippen LogP contribution < -0.4 is 5.32 Å². The number of rotatable bonds is 3. The fourth-order valence-corrected chi connectivity index (χ4v) is 1.74. The van der Waals surface area contributed by atoms with Gasteiger partial charge in [0, 0.05) is 11.9 Å². The molecule has 2 aromatic rings. The van der Waals surface area contributed by atoms with Crippen molar-refractivity contribution in [3.05, 3.63) is 47.4 Å². The van der Waals surface area contributed by atoms with Crippen LogP contribution in [0.25, 0.3) is 0 Å². The highest BCUT2D eigenvalue weighted by Crippen LogP contribution is 2.17. The van der Waals surface area contributed by atoms with E-state index in [0.29, 0.717) is 11.6 Å². The summed E-state index contributed by atoms with van der Waals surface area (Å²) in [6, 6.07) is 7.99. The third-order valence-corrected chi connectivity index (χ3v) is 2.34. The largest absolute Gasteiger partial charge is 0.388 e. The van der Waals surface area contributed by atoms with Gasteiger partial charge in [-0.2, -0.15) is 0 Å². The summed E-state index contributed by atoms with van der Waals surface area (Å²) in [4.78, 5) is 8.11. The highest BCUT2D eigenvalue weighted by atomic mass is 16.3. The molecule has 88 valence electrons. The lowest BCUT2D eigenvalue weighted by Gasteiger charge is -2.08. The standard InChI is InChI=1S/C13H15N3O/c1-9-5-10(2)7-11(6-9)15-12-3-4-14-13(8-17)16-12/h3-7,17H,8H2,1-2H3,(H,14,15,16). The van der Waals surface area contributed by atoms with Gasteiger partial charge in [-0.25, -0.2) is 9.97 Å². The van der Waals surface area contributed by atoms with E-state index in [-0.39, 0.29) is 6.61 Å². The Bertz CT molecular complexity index is 506. The Morgan fingerprint density at radius 2 is 1.88 bits per heavy atom. The molecule has 2 N–H and O–H groups in total. The first-order chi connectivity index (χ1) is 8.17. The third-order valence-electron chi connectivity index (χ3n) is 2.34. The zero-order valence-corrected chi connectivity index (χ0v) is 9.94. The van der Waals surface area contributed by atoms with E-state index >= 15 is 0 Å². The number of nitrogens with one attached hydrogen (secondary N) is 1. The molecule has 0 aliphatic rings. The van der Waals surface area contributed by atoms with Gasteiger partial charge in [-0.1, -0.05) is 6.07 Å². The van der Waals surface area contributed by atoms with Crippen LogP contribution in [0.1, 0.15) is 17.0 Å². The third kappa shape index (κ3) is 3.01. The molecule has 4 heteroatoms. The van der Waals surface area contributed by atoms with Crippen molar-refractivity contribution in [1.29, 1.82) is 0 Å². The van der Waals surface area contributed by atoms with E-state index in [1.54, 1.807) is 12.3 Å². The molecular weight excluding hydrogens is 214 g/mol. The monoisotopic (exact) mass is 229 g/mol. The number of hydrogen-bond acceptors (Lipinski definition) is 4. The second-order valence-corrected chi connectivity index (χ2v) is 4.02. The van der Waals surface area contributed by atoms with Gasteiger partial charge in [0.15, 0.2) is 5.82 Å². The Labute approximate surface area is 100 Å². The Hall–Kier alpha value is -1.94. The van der Waals surface area contributed by atoms with Crippen LogP contribution in [0, 0.1) is 13.8 Å². The summed E-state index contributed by atoms with van der Waals surface area (Å²) in [6.07, 6.45) is 1.63. The highest BCUT2D eigenvalue weighted by molar-refractivity contribution is 5.57. The van der Waals surface area contributed by atoms with Crippen molar-refractivity contribution in [3.8, 4) is 0 Å². The van der Waals surface area contributed by atoms with Gasteiger partial charge in [-0.05, 0) is 43.2 Å². The Kier molecular flexibility index (Phi) is 3.35. The minimum absolute atomic E-state index is 0.150. The van der Waals surface area contributed by atoms with Crippen LogP contribution in [0.5, 0.6) is 0 Å². The van der Waals surface area contributed by atoms with E-state index in [1.165, 1.54) is 11.1 Å². The van der Waals surface area contributed by atoms with E-state index in [1.807, 2.05) is 12.1 Å². The average Bonchev–Trinajstić information content (AvgIpc) is 2.28. The number of benzene rings is 1. The molecule has 0 aliphatic heterocycles. The molecule has 0 atom stereocenters. The molecule has 0 aliphatic carbocycles. The molecule has 2 rings (SSSR count). The Morgan fingerprint density at radius 3 is 2.53 bits per heavy atom. The van der Waals surface area contributed by atoms with E-state index in [9.17, 15) is 0 Å². The lowest BCUT2D eigenvalue weighted by molar-refractivity contribution is 0.271. The second kappa shape index (κ2) is 4.93. The van der Waals surface area contributed by atoms with E-state index < -0.39 is 0 Å². The van der Waals surface area contributed by atoms with Crippen molar-refractivity contribution in [2.75, 3.05) is 5.32 Å². The van der Waals surface area contributed by atoms with Crippen LogP contribution in [0.3, 0.4) is 0 Å². The molecule has 1 heterocycles. The second-order valence-electron chi connectivity index (χ2n) is 4.02. The van der Waals surface area contributed by atoms with Crippen LogP contribution >= 0.6 is 0 Å². The normalized spacial score (nSPS) is 10.3. The molecule has 4 nitrogen and oxygen atoms in total. The molecule has 0 saturated heterocycles. The smallest absolute Gasteiger partial charge is 0.156 e. The first-order valence-electron chi connectivity index (χ1n) is 5.45. The fraction of sp³-hybridized carbons (Fsp3) is 0.231. The number of hydrogen-bond donors (Lipinski definition) is 2. The summed E-state index contributed by atoms with van der Waals surface area (Å²) in [5.74, 6) is 1.11. The topological polar surface area (TPSA) is 58.0 Å². The Morgan fingerprint density at radius 1 is 1.18 bits per heavy atom. The predicted molar refractivity (Wildman–Crippen MR) is 67.2 cm³/mol. The van der Waals surface area contributed by atoms with Crippen molar-refractivity contribution in [3.63, 3.8) is 0 Å². The first-order valence-corrected chi connectivity index (χ1v) is 5.45. The molecule has 0 saturated carbocycles. The summed E-state index contributed by atoms with van der Waals surface area (Å²) >= 11 is 0. The molecule has 0 radical (unpaired) electrons. The molecule has 0 amide bonds. The van der Waals surface area contributed by atoms with Crippen molar-refractivity contribution >= 4 is 11.5 Å². The van der Waals surface area contributed by atoms with Crippen molar-refractivity contribution < 1.29 is 5.11 Å². The first kappa shape index (κ1) is 11.5. The summed E-state index contributed by atoms with van der Waals surface area (Å²) in [5.41, 5.74) is 3.39. The van der Waals surface area contributed by atoms with Gasteiger partial charge in [0.1, 0.15) is 12.4 Å². The fourth-order valence-electron chi connectivity index (χ4n) is 1.74. The highest BCUT2D eigenvalue weighted by Gasteiger charge is 2.00. The Balaban J connectivity index is 2.24. The average molecular weight is 229 g/mol. The molecule has 1 aromatic carbocycles. The van der Waals surface area contributed by atoms with Gasteiger partial charge in [0.2, 0.25) is 0 Å². The van der Waals surface area contributed by atoms with Gasteiger partial charge in [-0.3, -0.25) is 0 Å². The number of nitrogens with zero attached hydrogens (tertiary/aromatic N) is 2. The van der Waals surface area contributed by atoms with Crippen LogP contribution in [0.4, 0.5) is 11.5 Å². The van der Waals surface area contributed by atoms with Gasteiger partial charge < -0.3 is 10.4 Å². The minimum Gasteiger partial charge on any atom is -0.388 e. The lowest BCUT2D eigenvalue weighted by Crippen LogP contribution is -1.99. The van der Waals surface area contributed by atoms with Crippen LogP contribution in [0.2, 0.25) is 0 Å². The van der Waals surface area contributed by atoms with E-state index in [0.717, 1.165) is 5.69 Å². The molecule has 1 aromatic heterocycles. The summed E-state index contributed by atoms with van der Waals surface area (Å²) in [5, 5.41) is 12.2. The summed E-state index contributed by atoms with van der Waals surface area (Å²) in [6.45, 7) is 3.96. The van der Waals surface area contributed by atoms with Crippen LogP contribution in [-0.4, -0.2) is 15.1 Å². The number of aryl methyl sites for hydroxylation is 2. The molecular formula is C13H15N3O. The predicted octanol–water partition coefficient (Wildman–Crippen LogP) is 2.33. The van der Waals surface area contributed by atoms with E-state index in [2.05, 4.69) is 35.2 Å². The maximum atomic E-state index is 8.96. The maximum absolute atomic E-state index is 8.96. The quantitative estimate of drug-likeness (QED) is 0.848. The van der Waals surface area contributed by atoms with Crippen molar-refractivity contribution in [2.24, 2.45) is 0 Å². The molecule has 0 spiro atoms. The summed E-state index contributed by atoms with van der Waals surface area (Å²) < 4.78 is 0. The molecule has 17 heavy (non-hydrogen) atoms. The van der Waals surface area contributed by atoms with Gasteiger partial charge in [0.05, 0.1) is 0 Å². The van der Waals surface area contributed by atoms with Crippen LogP contribution in [0.15, 0.2) is 30.5 Å². The molecule has 0 bridgehead atoms. The van der Waals surface area contributed by atoms with E-state index in [4.69, 9.17) is 5.11 Å². The number of aliphatic hydroxyl groups is 1. The van der Waals surface area contributed by atoms with Crippen molar-refractivity contribution in [2.45, 2.75) is 20.5 Å². The number of aromatic nitrogens is 2. The van der Waals surface area contributed by atoms with Crippen molar-refractivity contribution in [1.82, 2.24) is 9.97 Å². The number of aliphatic hydroxyl groups excluding tert-OH is 1. The molecule has 0 fully saturated rings. The minimum atomic E-state index is -0.150. The lowest BCUT2D eigenvalue weighted by atomic mass is 10.1. The van der Waals surface area contributed by atoms with Crippen LogP contribution in [-0.2, 0) is 6.61 Å². The maximum Gasteiger partial charge on any atom is 0.156 e. The summed E-state index contributed by atoms with van der Waals surface area (Å²) in [7, 11) is 0. The number of anilines is 2.